The second-order valence-electron chi connectivity index (χ2n) is 4.42. The highest BCUT2D eigenvalue weighted by Crippen LogP contribution is 2.19. The van der Waals surface area contributed by atoms with E-state index in [1.807, 2.05) is 26.1 Å². The molecule has 3 heteroatoms. The van der Waals surface area contributed by atoms with Gasteiger partial charge in [-0.25, -0.2) is 0 Å². The molecular formula is C14H22N2O. The minimum atomic E-state index is 0.0138. The molecule has 1 amide bonds. The van der Waals surface area contributed by atoms with Crippen molar-refractivity contribution >= 4 is 11.6 Å². The van der Waals surface area contributed by atoms with Crippen LogP contribution in [0.15, 0.2) is 18.2 Å². The van der Waals surface area contributed by atoms with Crippen molar-refractivity contribution in [2.45, 2.75) is 39.7 Å². The molecule has 0 atom stereocenters. The zero-order chi connectivity index (χ0) is 13.0. The van der Waals surface area contributed by atoms with Crippen molar-refractivity contribution in [2.24, 2.45) is 0 Å². The summed E-state index contributed by atoms with van der Waals surface area (Å²) in [7, 11) is 1.85. The molecule has 1 aromatic rings. The maximum absolute atomic E-state index is 12.3. The molecule has 0 saturated heterocycles. The summed E-state index contributed by atoms with van der Waals surface area (Å²) in [5.74, 6) is 0.0138. The number of nitrogens with two attached hydrogens (primary N) is 1. The molecule has 1 aromatic carbocycles. The molecule has 17 heavy (non-hydrogen) atoms. The second kappa shape index (κ2) is 5.71. The number of carbonyl (C=O) groups is 1. The van der Waals surface area contributed by atoms with Gasteiger partial charge in [-0.2, -0.15) is 0 Å². The molecule has 0 aromatic heterocycles. The van der Waals surface area contributed by atoms with E-state index >= 15 is 0 Å². The predicted molar refractivity (Wildman–Crippen MR) is 72.1 cm³/mol. The first-order chi connectivity index (χ1) is 8.02. The number of nitrogens with zero attached hydrogens (tertiary/aromatic N) is 1. The maximum Gasteiger partial charge on any atom is 0.255 e. The number of carbonyl (C=O) groups excluding carboxylic acids is 1. The van der Waals surface area contributed by atoms with Crippen molar-refractivity contribution in [3.8, 4) is 0 Å². The van der Waals surface area contributed by atoms with Gasteiger partial charge in [0.1, 0.15) is 0 Å². The van der Waals surface area contributed by atoms with E-state index in [9.17, 15) is 4.79 Å². The third-order valence-electron chi connectivity index (χ3n) is 3.37. The molecule has 0 unspecified atom stereocenters. The Bertz CT molecular complexity index is 397. The summed E-state index contributed by atoms with van der Waals surface area (Å²) in [4.78, 5) is 14.1. The summed E-state index contributed by atoms with van der Waals surface area (Å²) in [5, 5.41) is 0. The van der Waals surface area contributed by atoms with Crippen LogP contribution in [0.1, 0.15) is 42.6 Å². The van der Waals surface area contributed by atoms with Gasteiger partial charge in [-0.1, -0.05) is 26.0 Å². The quantitative estimate of drug-likeness (QED) is 0.814. The number of nitrogen functional groups attached to an aromatic ring is 1. The van der Waals surface area contributed by atoms with Crippen LogP contribution in [0.3, 0.4) is 0 Å². The van der Waals surface area contributed by atoms with Crippen molar-refractivity contribution in [1.82, 2.24) is 4.90 Å². The van der Waals surface area contributed by atoms with E-state index in [0.29, 0.717) is 11.3 Å². The molecule has 0 heterocycles. The Kier molecular flexibility index (Phi) is 4.55. The Hall–Kier alpha value is -1.51. The van der Waals surface area contributed by atoms with Crippen molar-refractivity contribution in [3.63, 3.8) is 0 Å². The van der Waals surface area contributed by atoms with Gasteiger partial charge < -0.3 is 10.6 Å². The lowest BCUT2D eigenvalue weighted by Gasteiger charge is -2.27. The molecule has 0 spiro atoms. The Morgan fingerprint density at radius 2 is 1.94 bits per heavy atom. The summed E-state index contributed by atoms with van der Waals surface area (Å²) in [6, 6.07) is 5.87. The molecule has 94 valence electrons. The van der Waals surface area contributed by atoms with E-state index in [1.54, 1.807) is 11.0 Å². The van der Waals surface area contributed by atoms with Crippen molar-refractivity contribution in [3.05, 3.63) is 29.3 Å². The molecule has 0 radical (unpaired) electrons. The zero-order valence-corrected chi connectivity index (χ0v) is 11.2. The Labute approximate surface area is 104 Å². The standard InChI is InChI=1S/C14H22N2O/c1-5-11(6-2)16(4)14(17)12-9-7-8-10(3)13(12)15/h7-9,11H,5-6,15H2,1-4H3. The molecule has 3 nitrogen and oxygen atoms in total. The van der Waals surface area contributed by atoms with Crippen LogP contribution in [0.5, 0.6) is 0 Å². The summed E-state index contributed by atoms with van der Waals surface area (Å²) < 4.78 is 0. The van der Waals surface area contributed by atoms with Crippen LogP contribution < -0.4 is 5.73 Å². The lowest BCUT2D eigenvalue weighted by molar-refractivity contribution is 0.0724. The zero-order valence-electron chi connectivity index (χ0n) is 11.2. The summed E-state index contributed by atoms with van der Waals surface area (Å²) >= 11 is 0. The molecule has 2 N–H and O–H groups in total. The lowest BCUT2D eigenvalue weighted by atomic mass is 10.1. The monoisotopic (exact) mass is 234 g/mol. The highest BCUT2D eigenvalue weighted by molar-refractivity contribution is 5.99. The maximum atomic E-state index is 12.3. The Morgan fingerprint density at radius 3 is 2.47 bits per heavy atom. The summed E-state index contributed by atoms with van der Waals surface area (Å²) in [6.45, 7) is 6.11. The van der Waals surface area contributed by atoms with Crippen LogP contribution in [0, 0.1) is 6.92 Å². The molecule has 0 aliphatic rings. The van der Waals surface area contributed by atoms with Gasteiger partial charge in [0.25, 0.3) is 5.91 Å². The number of anilines is 1. The number of benzene rings is 1. The van der Waals surface area contributed by atoms with E-state index in [1.165, 1.54) is 0 Å². The first-order valence-electron chi connectivity index (χ1n) is 6.15. The van der Waals surface area contributed by atoms with Crippen molar-refractivity contribution in [2.75, 3.05) is 12.8 Å². The Balaban J connectivity index is 3.00. The summed E-state index contributed by atoms with van der Waals surface area (Å²) in [6.07, 6.45) is 1.93. The van der Waals surface area contributed by atoms with Crippen molar-refractivity contribution in [1.29, 1.82) is 0 Å². The van der Waals surface area contributed by atoms with Crippen LogP contribution in [-0.4, -0.2) is 23.9 Å². The van der Waals surface area contributed by atoms with Crippen LogP contribution in [-0.2, 0) is 0 Å². The molecule has 0 saturated carbocycles. The van der Waals surface area contributed by atoms with Gasteiger partial charge in [0, 0.05) is 18.8 Å². The van der Waals surface area contributed by atoms with Gasteiger partial charge in [-0.05, 0) is 31.4 Å². The average molecular weight is 234 g/mol. The highest BCUT2D eigenvalue weighted by Gasteiger charge is 2.20. The predicted octanol–water partition coefficient (Wildman–Crippen LogP) is 2.84. The largest absolute Gasteiger partial charge is 0.398 e. The van der Waals surface area contributed by atoms with Gasteiger partial charge in [0.15, 0.2) is 0 Å². The van der Waals surface area contributed by atoms with Crippen LogP contribution in [0.2, 0.25) is 0 Å². The number of rotatable bonds is 4. The van der Waals surface area contributed by atoms with E-state index < -0.39 is 0 Å². The fraction of sp³-hybridized carbons (Fsp3) is 0.500. The number of aryl methyl sites for hydroxylation is 1. The first-order valence-corrected chi connectivity index (χ1v) is 6.15. The van der Waals surface area contributed by atoms with Crippen LogP contribution in [0.4, 0.5) is 5.69 Å². The minimum Gasteiger partial charge on any atom is -0.398 e. The normalized spacial score (nSPS) is 10.6. The Morgan fingerprint density at radius 1 is 1.35 bits per heavy atom. The first kappa shape index (κ1) is 13.6. The molecule has 0 aliphatic heterocycles. The number of hydrogen-bond donors (Lipinski definition) is 1. The van der Waals surface area contributed by atoms with Crippen LogP contribution >= 0.6 is 0 Å². The fourth-order valence-corrected chi connectivity index (χ4v) is 2.06. The smallest absolute Gasteiger partial charge is 0.255 e. The van der Waals surface area contributed by atoms with Gasteiger partial charge >= 0.3 is 0 Å². The molecular weight excluding hydrogens is 212 g/mol. The fourth-order valence-electron chi connectivity index (χ4n) is 2.06. The van der Waals surface area contributed by atoms with E-state index in [-0.39, 0.29) is 11.9 Å². The third-order valence-corrected chi connectivity index (χ3v) is 3.37. The number of amides is 1. The van der Waals surface area contributed by atoms with Crippen LogP contribution in [0.25, 0.3) is 0 Å². The number of hydrogen-bond acceptors (Lipinski definition) is 2. The second-order valence-corrected chi connectivity index (χ2v) is 4.42. The number of para-hydroxylation sites is 1. The third kappa shape index (κ3) is 2.78. The minimum absolute atomic E-state index is 0.0138. The SMILES string of the molecule is CCC(CC)N(C)C(=O)c1cccc(C)c1N. The topological polar surface area (TPSA) is 46.3 Å². The van der Waals surface area contributed by atoms with E-state index in [4.69, 9.17) is 5.73 Å². The highest BCUT2D eigenvalue weighted by atomic mass is 16.2. The molecule has 0 aliphatic carbocycles. The molecule has 0 fully saturated rings. The van der Waals surface area contributed by atoms with E-state index in [2.05, 4.69) is 13.8 Å². The van der Waals surface area contributed by atoms with E-state index in [0.717, 1.165) is 18.4 Å². The molecule has 1 rings (SSSR count). The summed E-state index contributed by atoms with van der Waals surface area (Å²) in [5.41, 5.74) is 8.11. The lowest BCUT2D eigenvalue weighted by Crippen LogP contribution is -2.36. The van der Waals surface area contributed by atoms with Gasteiger partial charge in [-0.15, -0.1) is 0 Å². The van der Waals surface area contributed by atoms with Crippen molar-refractivity contribution < 1.29 is 4.79 Å². The van der Waals surface area contributed by atoms with Gasteiger partial charge in [-0.3, -0.25) is 4.79 Å². The van der Waals surface area contributed by atoms with Gasteiger partial charge in [0.05, 0.1) is 5.56 Å². The molecule has 0 bridgehead atoms. The van der Waals surface area contributed by atoms with Gasteiger partial charge in [0.2, 0.25) is 0 Å². The average Bonchev–Trinajstić information content (AvgIpc) is 2.33.